The van der Waals surface area contributed by atoms with Crippen LogP contribution in [0.3, 0.4) is 0 Å². The van der Waals surface area contributed by atoms with Crippen molar-refractivity contribution in [2.75, 3.05) is 38.7 Å². The molecule has 0 spiro atoms. The Hall–Kier alpha value is -3.50. The molecule has 1 unspecified atom stereocenters. The van der Waals surface area contributed by atoms with Gasteiger partial charge in [-0.15, -0.1) is 0 Å². The van der Waals surface area contributed by atoms with E-state index in [1.807, 2.05) is 0 Å². The van der Waals surface area contributed by atoms with E-state index in [9.17, 15) is 29.6 Å². The van der Waals surface area contributed by atoms with Crippen molar-refractivity contribution in [3.05, 3.63) is 59.3 Å². The third-order valence-electron chi connectivity index (χ3n) is 8.11. The Morgan fingerprint density at radius 1 is 1.13 bits per heavy atom. The summed E-state index contributed by atoms with van der Waals surface area (Å²) in [7, 11) is 1.44. The van der Waals surface area contributed by atoms with Gasteiger partial charge in [0.2, 0.25) is 0 Å². The molecule has 4 heterocycles. The highest BCUT2D eigenvalue weighted by atomic mass is 35.5. The summed E-state index contributed by atoms with van der Waals surface area (Å²) in [6, 6.07) is 5.61. The van der Waals surface area contributed by atoms with Crippen molar-refractivity contribution < 1.29 is 39.1 Å². The first-order valence-electron chi connectivity index (χ1n) is 14.6. The quantitative estimate of drug-likeness (QED) is 0.187. The van der Waals surface area contributed by atoms with Crippen molar-refractivity contribution in [3.63, 3.8) is 0 Å². The molecule has 15 heteroatoms. The first kappa shape index (κ1) is 32.9. The number of halogens is 2. The summed E-state index contributed by atoms with van der Waals surface area (Å²) in [5.41, 5.74) is 0.799. The monoisotopic (exact) mass is 646 g/mol. The number of amides is 1. The summed E-state index contributed by atoms with van der Waals surface area (Å²) in [6.45, 7) is 1.47. The van der Waals surface area contributed by atoms with E-state index in [-0.39, 0.29) is 40.5 Å². The number of likely N-dealkylation sites (tertiary alicyclic amines) is 1. The van der Waals surface area contributed by atoms with Crippen LogP contribution in [0.25, 0.3) is 11.4 Å². The number of carbonyl (C=O) groups excluding carboxylic acids is 1. The summed E-state index contributed by atoms with van der Waals surface area (Å²) < 4.78 is 25.5. The number of carbonyl (C=O) groups is 1. The number of nitrogens with zero attached hydrogens (tertiary/aromatic N) is 4. The first-order valence-corrected chi connectivity index (χ1v) is 15.0. The van der Waals surface area contributed by atoms with Gasteiger partial charge in [0.25, 0.3) is 5.91 Å². The number of hydrogen-bond acceptors (Lipinski definition) is 12. The Morgan fingerprint density at radius 2 is 1.89 bits per heavy atom. The molecular weight excluding hydrogens is 611 g/mol. The number of hydrogen-bond donors (Lipinski definition) is 6. The molecule has 3 aromatic rings. The fourth-order valence-corrected chi connectivity index (χ4v) is 5.68. The maximum atomic E-state index is 14.5. The van der Waals surface area contributed by atoms with Gasteiger partial charge in [0, 0.05) is 43.1 Å². The third kappa shape index (κ3) is 7.66. The summed E-state index contributed by atoms with van der Waals surface area (Å²) >= 11 is 6.06. The number of pyridine rings is 1. The number of nitrogens with one attached hydrogen (secondary N) is 2. The second-order valence-electron chi connectivity index (χ2n) is 11.0. The van der Waals surface area contributed by atoms with Crippen LogP contribution in [0, 0.1) is 5.82 Å². The molecule has 6 N–H and O–H groups in total. The zero-order chi connectivity index (χ0) is 32.1. The number of rotatable bonds is 10. The van der Waals surface area contributed by atoms with Gasteiger partial charge in [-0.25, -0.2) is 14.4 Å². The Labute approximate surface area is 264 Å². The lowest BCUT2D eigenvalue weighted by Crippen LogP contribution is -2.59. The van der Waals surface area contributed by atoms with Gasteiger partial charge in [-0.05, 0) is 43.5 Å². The lowest BCUT2D eigenvalue weighted by molar-refractivity contribution is -0.230. The average Bonchev–Trinajstić information content (AvgIpc) is 3.05. The smallest absolute Gasteiger partial charge is 0.255 e. The van der Waals surface area contributed by atoms with E-state index in [0.29, 0.717) is 49.6 Å². The van der Waals surface area contributed by atoms with E-state index in [2.05, 4.69) is 30.5 Å². The standard InChI is InChI=1S/C30H36ClFN6O7/c1-44-23-14-34-28(18-12-16(31)2-3-20(18)32)37-29(23)36-21-4-8-33-13-19(21)30(43)35-17-5-9-38(10-6-17)11-7-22-25(40)27(42)26(41)24(15-39)45-22/h2-4,8,12-14,17,22,24-27,39-42H,5-7,9-11,15H2,1H3,(H,35,43)(H,33,34,36,37)/t22?,24-,25-,26-,27-/m1/s1. The minimum Gasteiger partial charge on any atom is -0.491 e. The molecule has 2 fully saturated rings. The van der Waals surface area contributed by atoms with Crippen LogP contribution in [0.1, 0.15) is 29.6 Å². The fraction of sp³-hybridized carbons (Fsp3) is 0.467. The van der Waals surface area contributed by atoms with E-state index in [1.54, 1.807) is 6.07 Å². The van der Waals surface area contributed by atoms with Gasteiger partial charge < -0.3 is 45.4 Å². The molecule has 1 aromatic carbocycles. The number of benzene rings is 1. The molecule has 0 bridgehead atoms. The normalized spacial score (nSPS) is 24.3. The second-order valence-corrected chi connectivity index (χ2v) is 11.5. The molecule has 0 aliphatic carbocycles. The van der Waals surface area contributed by atoms with Crippen molar-refractivity contribution >= 4 is 29.0 Å². The Kier molecular flexibility index (Phi) is 10.8. The van der Waals surface area contributed by atoms with Crippen molar-refractivity contribution in [3.8, 4) is 17.1 Å². The molecule has 2 saturated heterocycles. The summed E-state index contributed by atoms with van der Waals surface area (Å²) in [6.07, 6.45) is 0.458. The van der Waals surface area contributed by atoms with Gasteiger partial charge >= 0.3 is 0 Å². The third-order valence-corrected chi connectivity index (χ3v) is 8.34. The zero-order valence-electron chi connectivity index (χ0n) is 24.5. The van der Waals surface area contributed by atoms with Crippen LogP contribution in [0.2, 0.25) is 5.02 Å². The zero-order valence-corrected chi connectivity index (χ0v) is 25.3. The largest absolute Gasteiger partial charge is 0.491 e. The highest BCUT2D eigenvalue weighted by molar-refractivity contribution is 6.30. The molecule has 2 aliphatic rings. The van der Waals surface area contributed by atoms with E-state index in [4.69, 9.17) is 21.1 Å². The number of ether oxygens (including phenoxy) is 2. The maximum absolute atomic E-state index is 14.5. The molecule has 13 nitrogen and oxygen atoms in total. The SMILES string of the molecule is COc1cnc(-c2cc(Cl)ccc2F)nc1Nc1ccncc1C(=O)NC1CCN(CCC2O[C@H](CO)[C@@H](O)[C@H](O)[C@@H]2O)CC1. The molecule has 2 aliphatic heterocycles. The predicted molar refractivity (Wildman–Crippen MR) is 162 cm³/mol. The average molecular weight is 647 g/mol. The predicted octanol–water partition coefficient (Wildman–Crippen LogP) is 1.51. The highest BCUT2D eigenvalue weighted by Crippen LogP contribution is 2.31. The molecular formula is C30H36ClFN6O7. The number of aromatic nitrogens is 3. The van der Waals surface area contributed by atoms with Crippen LogP contribution in [-0.4, -0.2) is 116 Å². The minimum absolute atomic E-state index is 0.0802. The summed E-state index contributed by atoms with van der Waals surface area (Å²) in [5, 5.41) is 46.2. The van der Waals surface area contributed by atoms with Crippen LogP contribution in [-0.2, 0) is 4.74 Å². The molecule has 5 rings (SSSR count). The van der Waals surface area contributed by atoms with Gasteiger partial charge in [-0.2, -0.15) is 0 Å². The van der Waals surface area contributed by atoms with Crippen molar-refractivity contribution in [1.82, 2.24) is 25.2 Å². The number of piperidine rings is 1. The number of anilines is 2. The molecule has 5 atom stereocenters. The van der Waals surface area contributed by atoms with Gasteiger partial charge in [0.1, 0.15) is 30.2 Å². The van der Waals surface area contributed by atoms with E-state index in [0.717, 1.165) is 0 Å². The van der Waals surface area contributed by atoms with Crippen LogP contribution in [0.4, 0.5) is 15.9 Å². The van der Waals surface area contributed by atoms with Crippen LogP contribution < -0.4 is 15.4 Å². The Bertz CT molecular complexity index is 1480. The lowest BCUT2D eigenvalue weighted by atomic mass is 9.93. The Morgan fingerprint density at radius 3 is 2.62 bits per heavy atom. The van der Waals surface area contributed by atoms with Crippen LogP contribution in [0.5, 0.6) is 5.75 Å². The topological polar surface area (TPSA) is 182 Å². The number of methoxy groups -OCH3 is 1. The van der Waals surface area contributed by atoms with Gasteiger partial charge in [0.15, 0.2) is 17.4 Å². The number of aliphatic hydroxyl groups excluding tert-OH is 4. The van der Waals surface area contributed by atoms with E-state index < -0.39 is 42.9 Å². The number of aliphatic hydroxyl groups is 4. The molecule has 1 amide bonds. The van der Waals surface area contributed by atoms with Crippen molar-refractivity contribution in [2.45, 2.75) is 55.8 Å². The van der Waals surface area contributed by atoms with Gasteiger partial charge in [0.05, 0.1) is 42.8 Å². The van der Waals surface area contributed by atoms with Crippen molar-refractivity contribution in [1.29, 1.82) is 0 Å². The van der Waals surface area contributed by atoms with E-state index in [1.165, 1.54) is 43.9 Å². The van der Waals surface area contributed by atoms with Crippen molar-refractivity contribution in [2.24, 2.45) is 0 Å². The summed E-state index contributed by atoms with van der Waals surface area (Å²) in [5.74, 6) is -0.300. The minimum atomic E-state index is -1.39. The molecule has 242 valence electrons. The summed E-state index contributed by atoms with van der Waals surface area (Å²) in [4.78, 5) is 28.3. The highest BCUT2D eigenvalue weighted by Gasteiger charge is 2.43. The Balaban J connectivity index is 1.19. The van der Waals surface area contributed by atoms with Gasteiger partial charge in [-0.1, -0.05) is 11.6 Å². The van der Waals surface area contributed by atoms with Crippen LogP contribution >= 0.6 is 11.6 Å². The van der Waals surface area contributed by atoms with Crippen LogP contribution in [0.15, 0.2) is 42.9 Å². The second kappa shape index (κ2) is 14.7. The molecule has 2 aromatic heterocycles. The molecule has 45 heavy (non-hydrogen) atoms. The first-order chi connectivity index (χ1) is 21.7. The lowest BCUT2D eigenvalue weighted by Gasteiger charge is -2.41. The maximum Gasteiger partial charge on any atom is 0.255 e. The fourth-order valence-electron chi connectivity index (χ4n) is 5.51. The molecule has 0 radical (unpaired) electrons. The molecule has 0 saturated carbocycles. The van der Waals surface area contributed by atoms with E-state index >= 15 is 0 Å². The van der Waals surface area contributed by atoms with Gasteiger partial charge in [-0.3, -0.25) is 9.78 Å².